The summed E-state index contributed by atoms with van der Waals surface area (Å²) in [6.45, 7) is 3.52. The first kappa shape index (κ1) is 27.8. The summed E-state index contributed by atoms with van der Waals surface area (Å²) in [7, 11) is 0. The summed E-state index contributed by atoms with van der Waals surface area (Å²) >= 11 is 0. The largest absolute Gasteiger partial charge is 0.507 e. The summed E-state index contributed by atoms with van der Waals surface area (Å²) < 4.78 is 6.30. The Kier molecular flexibility index (Phi) is 8.16. The van der Waals surface area contributed by atoms with Gasteiger partial charge in [0, 0.05) is 31.7 Å². The fourth-order valence-corrected chi connectivity index (χ4v) is 5.70. The molecule has 1 aliphatic rings. The Balaban J connectivity index is 0.000000251. The molecule has 2 heterocycles. The van der Waals surface area contributed by atoms with Gasteiger partial charge in [-0.15, -0.1) is 18.2 Å². The van der Waals surface area contributed by atoms with Crippen LogP contribution in [-0.2, 0) is 20.1 Å². The Labute approximate surface area is 247 Å². The maximum atomic E-state index is 10.7. The molecule has 4 aromatic carbocycles. The molecule has 4 nitrogen and oxygen atoms in total. The van der Waals surface area contributed by atoms with Crippen LogP contribution in [0, 0.1) is 13.0 Å². The summed E-state index contributed by atoms with van der Waals surface area (Å²) in [5.74, 6) is 0.651. The molecular formula is C35H30IrNO3-. The van der Waals surface area contributed by atoms with Crippen molar-refractivity contribution in [3.05, 3.63) is 108 Å². The molecular weight excluding hydrogens is 675 g/mol. The third kappa shape index (κ3) is 5.32. The topological polar surface area (TPSA) is 63.3 Å². The van der Waals surface area contributed by atoms with Crippen molar-refractivity contribution < 1.29 is 34.4 Å². The SMILES string of the molecule is CC(=O)c1ccccc1O.Cc1ccc2c(c1)oc1c(-c3nccc4cc(C5CCCC5)ccc34)[c-]ccc12.[Ir]. The number of Topliss-reactive ketones (excluding diaryl/α,β-unsaturated/α-hetero) is 1. The van der Waals surface area contributed by atoms with Crippen LogP contribution in [0.25, 0.3) is 44.0 Å². The zero-order chi connectivity index (χ0) is 26.9. The average molecular weight is 705 g/mol. The number of hydrogen-bond donors (Lipinski definition) is 1. The number of nitrogens with zero attached hydrogens (tertiary/aromatic N) is 1. The van der Waals surface area contributed by atoms with Crippen molar-refractivity contribution in [2.45, 2.75) is 45.4 Å². The number of benzene rings is 4. The molecule has 6 aromatic rings. The van der Waals surface area contributed by atoms with Gasteiger partial charge < -0.3 is 14.5 Å². The maximum absolute atomic E-state index is 10.7. The molecule has 0 saturated heterocycles. The number of rotatable bonds is 3. The smallest absolute Gasteiger partial charge is 0.163 e. The molecule has 40 heavy (non-hydrogen) atoms. The Morgan fingerprint density at radius 3 is 2.48 bits per heavy atom. The molecule has 0 amide bonds. The summed E-state index contributed by atoms with van der Waals surface area (Å²) in [6, 6.07) is 29.4. The Hall–Kier alpha value is -3.79. The van der Waals surface area contributed by atoms with E-state index >= 15 is 0 Å². The molecule has 5 heteroatoms. The second-order valence-electron chi connectivity index (χ2n) is 10.4. The van der Waals surface area contributed by atoms with E-state index in [1.165, 1.54) is 55.2 Å². The number of carbonyl (C=O) groups excluding carboxylic acids is 1. The number of ketones is 1. The third-order valence-electron chi connectivity index (χ3n) is 7.72. The number of carbonyl (C=O) groups is 1. The molecule has 0 aliphatic heterocycles. The Morgan fingerprint density at radius 1 is 0.950 bits per heavy atom. The molecule has 1 fully saturated rings. The van der Waals surface area contributed by atoms with Crippen molar-refractivity contribution in [1.82, 2.24) is 4.98 Å². The quantitative estimate of drug-likeness (QED) is 0.148. The predicted octanol–water partition coefficient (Wildman–Crippen LogP) is 9.16. The number of aromatic nitrogens is 1. The van der Waals surface area contributed by atoms with E-state index in [4.69, 9.17) is 14.5 Å². The van der Waals surface area contributed by atoms with Gasteiger partial charge in [0.1, 0.15) is 11.3 Å². The minimum absolute atomic E-state index is 0. The van der Waals surface area contributed by atoms with Gasteiger partial charge in [-0.25, -0.2) is 0 Å². The van der Waals surface area contributed by atoms with E-state index in [0.717, 1.165) is 38.6 Å². The van der Waals surface area contributed by atoms with Gasteiger partial charge in [-0.3, -0.25) is 4.79 Å². The van der Waals surface area contributed by atoms with Crippen molar-refractivity contribution in [2.24, 2.45) is 0 Å². The number of aromatic hydroxyl groups is 1. The maximum Gasteiger partial charge on any atom is 0.163 e. The zero-order valence-electron chi connectivity index (χ0n) is 22.5. The number of phenols is 1. The van der Waals surface area contributed by atoms with Gasteiger partial charge in [0.25, 0.3) is 0 Å². The van der Waals surface area contributed by atoms with Crippen LogP contribution in [0.1, 0.15) is 60.0 Å². The van der Waals surface area contributed by atoms with Crippen LogP contribution in [0.15, 0.2) is 89.5 Å². The molecule has 203 valence electrons. The number of para-hydroxylation sites is 1. The second-order valence-corrected chi connectivity index (χ2v) is 10.4. The second kappa shape index (κ2) is 11.8. The molecule has 1 aliphatic carbocycles. The molecule has 0 bridgehead atoms. The van der Waals surface area contributed by atoms with Crippen LogP contribution in [0.2, 0.25) is 0 Å². The first-order chi connectivity index (χ1) is 19.0. The fourth-order valence-electron chi connectivity index (χ4n) is 5.70. The number of furan rings is 1. The van der Waals surface area contributed by atoms with Gasteiger partial charge in [-0.2, -0.15) is 0 Å². The van der Waals surface area contributed by atoms with E-state index in [2.05, 4.69) is 61.5 Å². The summed E-state index contributed by atoms with van der Waals surface area (Å²) in [5.41, 5.74) is 6.72. The summed E-state index contributed by atoms with van der Waals surface area (Å²) in [4.78, 5) is 15.5. The number of pyridine rings is 1. The number of phenolic OH excluding ortho intramolecular Hbond substituents is 1. The Bertz CT molecular complexity index is 1830. The number of aryl methyl sites for hydroxylation is 1. The monoisotopic (exact) mass is 705 g/mol. The van der Waals surface area contributed by atoms with Gasteiger partial charge in [-0.05, 0) is 84.5 Å². The number of fused-ring (bicyclic) bond motifs is 4. The normalized spacial score (nSPS) is 13.2. The van der Waals surface area contributed by atoms with Crippen molar-refractivity contribution in [3.8, 4) is 17.0 Å². The van der Waals surface area contributed by atoms with Crippen LogP contribution < -0.4 is 0 Å². The molecule has 0 atom stereocenters. The molecule has 1 N–H and O–H groups in total. The van der Waals surface area contributed by atoms with Crippen LogP contribution >= 0.6 is 0 Å². The minimum Gasteiger partial charge on any atom is -0.507 e. The Morgan fingerprint density at radius 2 is 1.73 bits per heavy atom. The molecule has 0 spiro atoms. The van der Waals surface area contributed by atoms with Crippen LogP contribution in [0.4, 0.5) is 0 Å². The van der Waals surface area contributed by atoms with Crippen LogP contribution in [0.5, 0.6) is 5.75 Å². The van der Waals surface area contributed by atoms with Crippen molar-refractivity contribution in [3.63, 3.8) is 0 Å². The van der Waals surface area contributed by atoms with Crippen LogP contribution in [-0.4, -0.2) is 15.9 Å². The first-order valence-electron chi connectivity index (χ1n) is 13.5. The molecule has 0 unspecified atom stereocenters. The van der Waals surface area contributed by atoms with E-state index < -0.39 is 0 Å². The summed E-state index contributed by atoms with van der Waals surface area (Å²) in [6.07, 6.45) is 7.25. The van der Waals surface area contributed by atoms with Crippen molar-refractivity contribution >= 4 is 38.5 Å². The molecule has 1 saturated carbocycles. The van der Waals surface area contributed by atoms with Crippen molar-refractivity contribution in [2.75, 3.05) is 0 Å². The third-order valence-corrected chi connectivity index (χ3v) is 7.72. The standard InChI is InChI=1S/C27H22NO.C8H8O2.Ir/c1-17-9-11-22-23-7-4-8-24(27(23)29-25(22)15-17)26-21-12-10-19(18-5-2-3-6-18)16-20(21)13-14-28-26;1-6(9)7-4-2-3-5-8(7)10;/h4,7,9-16,18H,2-3,5-6H2,1H3;2-5,10H,1H3;/q-1;;. The predicted molar refractivity (Wildman–Crippen MR) is 157 cm³/mol. The summed E-state index contributed by atoms with van der Waals surface area (Å²) in [5, 5.41) is 13.7. The fraction of sp³-hybridized carbons (Fsp3) is 0.200. The van der Waals surface area contributed by atoms with Gasteiger partial charge in [-0.1, -0.05) is 66.3 Å². The van der Waals surface area contributed by atoms with Gasteiger partial charge in [0.2, 0.25) is 0 Å². The van der Waals surface area contributed by atoms with E-state index in [0.29, 0.717) is 11.5 Å². The van der Waals surface area contributed by atoms with E-state index in [1.807, 2.05) is 12.3 Å². The molecule has 1 radical (unpaired) electrons. The van der Waals surface area contributed by atoms with Gasteiger partial charge >= 0.3 is 0 Å². The van der Waals surface area contributed by atoms with Gasteiger partial charge in [0.15, 0.2) is 5.78 Å². The van der Waals surface area contributed by atoms with E-state index in [1.54, 1.807) is 18.2 Å². The van der Waals surface area contributed by atoms with Crippen LogP contribution in [0.3, 0.4) is 0 Å². The van der Waals surface area contributed by atoms with E-state index in [-0.39, 0.29) is 31.6 Å². The van der Waals surface area contributed by atoms with Gasteiger partial charge in [0.05, 0.1) is 11.1 Å². The average Bonchev–Trinajstić information content (AvgIpc) is 3.61. The van der Waals surface area contributed by atoms with Crippen molar-refractivity contribution in [1.29, 1.82) is 0 Å². The minimum atomic E-state index is -0.113. The first-order valence-corrected chi connectivity index (χ1v) is 13.5. The molecule has 2 aromatic heterocycles. The number of hydrogen-bond acceptors (Lipinski definition) is 4. The zero-order valence-corrected chi connectivity index (χ0v) is 24.9. The molecule has 7 rings (SSSR count). The van der Waals surface area contributed by atoms with E-state index in [9.17, 15) is 4.79 Å².